The molecule has 3 rings (SSSR count). The quantitative estimate of drug-likeness (QED) is 0.886. The van der Waals surface area contributed by atoms with Gasteiger partial charge in [0.2, 0.25) is 0 Å². The van der Waals surface area contributed by atoms with E-state index in [9.17, 15) is 9.59 Å². The Morgan fingerprint density at radius 3 is 2.86 bits per heavy atom. The van der Waals surface area contributed by atoms with E-state index < -0.39 is 5.97 Å². The minimum Gasteiger partial charge on any atom is -0.478 e. The molecule has 0 aliphatic carbocycles. The van der Waals surface area contributed by atoms with Crippen LogP contribution in [0, 0.1) is 0 Å². The number of anilines is 1. The number of carboxylic acids is 1. The molecule has 0 unspecified atom stereocenters. The lowest BCUT2D eigenvalue weighted by molar-refractivity contribution is -0.114. The summed E-state index contributed by atoms with van der Waals surface area (Å²) in [4.78, 5) is 25.9. The van der Waals surface area contributed by atoms with Crippen LogP contribution in [0.5, 0.6) is 0 Å². The number of rotatable bonds is 3. The summed E-state index contributed by atoms with van der Waals surface area (Å²) in [5, 5.41) is 11.0. The molecular weight excluding hydrogens is 286 g/mol. The Morgan fingerprint density at radius 2 is 2.14 bits per heavy atom. The van der Waals surface area contributed by atoms with Crippen molar-refractivity contribution in [1.82, 2.24) is 0 Å². The molecule has 106 valence electrons. The minimum atomic E-state index is -0.944. The minimum absolute atomic E-state index is 0.0785. The maximum absolute atomic E-state index is 12.2. The van der Waals surface area contributed by atoms with Gasteiger partial charge in [-0.3, -0.25) is 4.79 Å². The number of nitrogens with zero attached hydrogens (tertiary/aromatic N) is 1. The van der Waals surface area contributed by atoms with Gasteiger partial charge in [0.1, 0.15) is 0 Å². The largest absolute Gasteiger partial charge is 0.478 e. The predicted octanol–water partition coefficient (Wildman–Crippen LogP) is 3.05. The van der Waals surface area contributed by atoms with Crippen molar-refractivity contribution in [2.24, 2.45) is 0 Å². The van der Waals surface area contributed by atoms with Crippen LogP contribution in [0.3, 0.4) is 0 Å². The second-order valence-electron chi connectivity index (χ2n) is 4.74. The Hall–Kier alpha value is -2.40. The van der Waals surface area contributed by atoms with Crippen molar-refractivity contribution in [2.45, 2.75) is 6.42 Å². The van der Waals surface area contributed by atoms with Crippen molar-refractivity contribution in [3.05, 3.63) is 57.8 Å². The predicted molar refractivity (Wildman–Crippen MR) is 82.8 cm³/mol. The monoisotopic (exact) mass is 299 g/mol. The molecule has 1 amide bonds. The molecule has 5 heteroatoms. The highest BCUT2D eigenvalue weighted by atomic mass is 32.1. The Bertz CT molecular complexity index is 719. The molecule has 1 aliphatic heterocycles. The second-order valence-corrected chi connectivity index (χ2v) is 5.72. The Kier molecular flexibility index (Phi) is 3.58. The molecule has 0 bridgehead atoms. The first kappa shape index (κ1) is 13.6. The van der Waals surface area contributed by atoms with Gasteiger partial charge in [-0.05, 0) is 47.7 Å². The number of fused-ring (bicyclic) bond motifs is 1. The number of thiophene rings is 1. The maximum Gasteiger partial charge on any atom is 0.335 e. The van der Waals surface area contributed by atoms with Gasteiger partial charge in [0.15, 0.2) is 0 Å². The fourth-order valence-corrected chi connectivity index (χ4v) is 3.01. The third-order valence-electron chi connectivity index (χ3n) is 3.42. The fraction of sp³-hybridized carbons (Fsp3) is 0.125. The van der Waals surface area contributed by atoms with Crippen LogP contribution in [-0.2, 0) is 11.2 Å². The molecule has 0 radical (unpaired) electrons. The zero-order chi connectivity index (χ0) is 14.8. The zero-order valence-electron chi connectivity index (χ0n) is 11.2. The van der Waals surface area contributed by atoms with E-state index in [1.54, 1.807) is 40.5 Å². The standard InChI is InChI=1S/C16H13NO3S/c18-15(6-4-13-2-1-9-21-13)17-8-7-11-10-12(16(19)20)3-5-14(11)17/h1-6,9-10H,7-8H2,(H,19,20)/b6-4+. The van der Waals surface area contributed by atoms with Crippen LogP contribution in [0.2, 0.25) is 0 Å². The first-order valence-electron chi connectivity index (χ1n) is 6.54. The molecule has 2 heterocycles. The molecule has 2 aromatic rings. The summed E-state index contributed by atoms with van der Waals surface area (Å²) in [5.74, 6) is -1.02. The van der Waals surface area contributed by atoms with Crippen molar-refractivity contribution < 1.29 is 14.7 Å². The number of amides is 1. The van der Waals surface area contributed by atoms with Gasteiger partial charge >= 0.3 is 5.97 Å². The van der Waals surface area contributed by atoms with Gasteiger partial charge in [0.25, 0.3) is 5.91 Å². The third-order valence-corrected chi connectivity index (χ3v) is 4.26. The molecule has 0 spiro atoms. The van der Waals surface area contributed by atoms with E-state index in [0.717, 1.165) is 16.1 Å². The normalized spacial score (nSPS) is 13.6. The third kappa shape index (κ3) is 2.73. The number of hydrogen-bond donors (Lipinski definition) is 1. The van der Waals surface area contributed by atoms with Crippen molar-refractivity contribution in [2.75, 3.05) is 11.4 Å². The lowest BCUT2D eigenvalue weighted by atomic mass is 10.1. The lowest BCUT2D eigenvalue weighted by Crippen LogP contribution is -2.26. The Balaban J connectivity index is 1.81. The summed E-state index contributed by atoms with van der Waals surface area (Å²) in [6.45, 7) is 0.589. The number of carbonyl (C=O) groups is 2. The van der Waals surface area contributed by atoms with Crippen molar-refractivity contribution in [3.8, 4) is 0 Å². The average molecular weight is 299 g/mol. The number of carboxylic acid groups (broad SMARTS) is 1. The molecule has 1 N–H and O–H groups in total. The van der Waals surface area contributed by atoms with Crippen LogP contribution in [0.15, 0.2) is 41.8 Å². The molecule has 0 fully saturated rings. The summed E-state index contributed by atoms with van der Waals surface area (Å²) in [5.41, 5.74) is 1.98. The Morgan fingerprint density at radius 1 is 1.29 bits per heavy atom. The topological polar surface area (TPSA) is 57.6 Å². The van der Waals surface area contributed by atoms with Crippen LogP contribution in [-0.4, -0.2) is 23.5 Å². The summed E-state index contributed by atoms with van der Waals surface area (Å²) >= 11 is 1.58. The first-order chi connectivity index (χ1) is 10.1. The van der Waals surface area contributed by atoms with E-state index in [1.807, 2.05) is 17.5 Å². The van der Waals surface area contributed by atoms with Gasteiger partial charge in [-0.15, -0.1) is 11.3 Å². The molecule has 0 saturated heterocycles. The van der Waals surface area contributed by atoms with Gasteiger partial charge in [0, 0.05) is 23.2 Å². The molecule has 1 aromatic heterocycles. The number of carbonyl (C=O) groups excluding carboxylic acids is 1. The summed E-state index contributed by atoms with van der Waals surface area (Å²) in [7, 11) is 0. The highest BCUT2D eigenvalue weighted by Crippen LogP contribution is 2.29. The van der Waals surface area contributed by atoms with E-state index in [1.165, 1.54) is 6.07 Å². The van der Waals surface area contributed by atoms with Gasteiger partial charge in [-0.2, -0.15) is 0 Å². The van der Waals surface area contributed by atoms with E-state index in [2.05, 4.69) is 0 Å². The van der Waals surface area contributed by atoms with Gasteiger partial charge in [-0.25, -0.2) is 4.79 Å². The summed E-state index contributed by atoms with van der Waals surface area (Å²) < 4.78 is 0. The fourth-order valence-electron chi connectivity index (χ4n) is 2.39. The van der Waals surface area contributed by atoms with E-state index in [4.69, 9.17) is 5.11 Å². The van der Waals surface area contributed by atoms with Crippen molar-refractivity contribution in [1.29, 1.82) is 0 Å². The van der Waals surface area contributed by atoms with E-state index in [-0.39, 0.29) is 11.5 Å². The molecule has 1 aromatic carbocycles. The van der Waals surface area contributed by atoms with Crippen LogP contribution < -0.4 is 4.90 Å². The molecule has 4 nitrogen and oxygen atoms in total. The first-order valence-corrected chi connectivity index (χ1v) is 7.42. The van der Waals surface area contributed by atoms with Crippen LogP contribution in [0.4, 0.5) is 5.69 Å². The van der Waals surface area contributed by atoms with Crippen molar-refractivity contribution in [3.63, 3.8) is 0 Å². The average Bonchev–Trinajstić information content (AvgIpc) is 3.13. The van der Waals surface area contributed by atoms with E-state index in [0.29, 0.717) is 13.0 Å². The van der Waals surface area contributed by atoms with E-state index >= 15 is 0 Å². The molecule has 0 atom stereocenters. The SMILES string of the molecule is O=C(O)c1ccc2c(c1)CCN2C(=O)/C=C/c1cccs1. The van der Waals surface area contributed by atoms with Gasteiger partial charge in [-0.1, -0.05) is 6.07 Å². The maximum atomic E-state index is 12.2. The number of hydrogen-bond acceptors (Lipinski definition) is 3. The highest BCUT2D eigenvalue weighted by Gasteiger charge is 2.24. The van der Waals surface area contributed by atoms with Gasteiger partial charge in [0.05, 0.1) is 5.56 Å². The van der Waals surface area contributed by atoms with Crippen LogP contribution in [0.25, 0.3) is 6.08 Å². The molecule has 0 saturated carbocycles. The zero-order valence-corrected chi connectivity index (χ0v) is 12.0. The number of benzene rings is 1. The van der Waals surface area contributed by atoms with Crippen LogP contribution >= 0.6 is 11.3 Å². The Labute approximate surface area is 126 Å². The van der Waals surface area contributed by atoms with Crippen molar-refractivity contribution >= 4 is 35.0 Å². The molecule has 1 aliphatic rings. The highest BCUT2D eigenvalue weighted by molar-refractivity contribution is 7.10. The lowest BCUT2D eigenvalue weighted by Gasteiger charge is -2.15. The number of aromatic carboxylic acids is 1. The van der Waals surface area contributed by atoms with Crippen LogP contribution in [0.1, 0.15) is 20.8 Å². The summed E-state index contributed by atoms with van der Waals surface area (Å²) in [6.07, 6.45) is 4.05. The van der Waals surface area contributed by atoms with Gasteiger partial charge < -0.3 is 10.0 Å². The molecule has 21 heavy (non-hydrogen) atoms. The second kappa shape index (κ2) is 5.54. The smallest absolute Gasteiger partial charge is 0.335 e. The summed E-state index contributed by atoms with van der Waals surface area (Å²) in [6, 6.07) is 8.78. The molecular formula is C16H13NO3S.